The Morgan fingerprint density at radius 3 is 2.27 bits per heavy atom. The third-order valence-electron chi connectivity index (χ3n) is 3.08. The standard InChI is InChI=1S/C15H16N2O5/c1-15(2,3)17-13(21)9(12(20)16-14(17)22)6-8-4-5-10(18)11(19)7-8/h4-7,18-19H,1-3H3,(H,16,20,22)/b9-6-. The van der Waals surface area contributed by atoms with Crippen molar-refractivity contribution in [3.8, 4) is 11.5 Å². The van der Waals surface area contributed by atoms with Crippen LogP contribution in [0.15, 0.2) is 23.8 Å². The number of carbonyl (C=O) groups is 3. The number of aromatic hydroxyl groups is 2. The average molecular weight is 304 g/mol. The molecule has 116 valence electrons. The molecule has 0 saturated carbocycles. The monoisotopic (exact) mass is 304 g/mol. The molecule has 7 nitrogen and oxygen atoms in total. The van der Waals surface area contributed by atoms with Gasteiger partial charge in [0.25, 0.3) is 11.8 Å². The van der Waals surface area contributed by atoms with Crippen molar-refractivity contribution < 1.29 is 24.6 Å². The summed E-state index contributed by atoms with van der Waals surface area (Å²) in [5, 5.41) is 20.8. The van der Waals surface area contributed by atoms with Crippen molar-refractivity contribution >= 4 is 23.9 Å². The van der Waals surface area contributed by atoms with E-state index in [1.165, 1.54) is 24.3 Å². The Hall–Kier alpha value is -2.83. The number of benzene rings is 1. The molecular formula is C15H16N2O5. The molecule has 22 heavy (non-hydrogen) atoms. The number of rotatable bonds is 1. The summed E-state index contributed by atoms with van der Waals surface area (Å²) in [6, 6.07) is 3.11. The van der Waals surface area contributed by atoms with Gasteiger partial charge in [0.05, 0.1) is 0 Å². The first-order chi connectivity index (χ1) is 10.1. The zero-order valence-electron chi connectivity index (χ0n) is 12.4. The Kier molecular flexibility index (Phi) is 3.66. The van der Waals surface area contributed by atoms with Crippen LogP contribution in [-0.2, 0) is 9.59 Å². The predicted octanol–water partition coefficient (Wildman–Crippen LogP) is 1.36. The molecule has 0 atom stereocenters. The van der Waals surface area contributed by atoms with Crippen molar-refractivity contribution in [1.29, 1.82) is 0 Å². The van der Waals surface area contributed by atoms with Gasteiger partial charge in [-0.1, -0.05) is 6.07 Å². The van der Waals surface area contributed by atoms with Crippen molar-refractivity contribution in [1.82, 2.24) is 10.2 Å². The Labute approximate surface area is 126 Å². The molecule has 0 radical (unpaired) electrons. The van der Waals surface area contributed by atoms with E-state index in [0.29, 0.717) is 5.56 Å². The number of hydrogen-bond donors (Lipinski definition) is 3. The van der Waals surface area contributed by atoms with Gasteiger partial charge in [0.15, 0.2) is 11.5 Å². The Bertz CT molecular complexity index is 700. The fourth-order valence-corrected chi connectivity index (χ4v) is 2.06. The number of nitrogens with one attached hydrogen (secondary N) is 1. The van der Waals surface area contributed by atoms with Gasteiger partial charge in [0.2, 0.25) is 0 Å². The number of urea groups is 1. The molecule has 1 aliphatic rings. The first-order valence-electron chi connectivity index (χ1n) is 6.55. The summed E-state index contributed by atoms with van der Waals surface area (Å²) in [5.74, 6) is -2.20. The number of phenols is 2. The SMILES string of the molecule is CC(C)(C)N1C(=O)NC(=O)/C(=C/c2ccc(O)c(O)c2)C1=O. The van der Waals surface area contributed by atoms with Crippen LogP contribution in [0.5, 0.6) is 11.5 Å². The number of imide groups is 2. The number of phenolic OH excluding ortho intramolecular Hbond substituents is 2. The van der Waals surface area contributed by atoms with E-state index < -0.39 is 23.4 Å². The summed E-state index contributed by atoms with van der Waals surface area (Å²) in [6.45, 7) is 5.01. The van der Waals surface area contributed by atoms with E-state index in [9.17, 15) is 24.6 Å². The summed E-state index contributed by atoms with van der Waals surface area (Å²) in [7, 11) is 0. The molecule has 1 aromatic rings. The minimum absolute atomic E-state index is 0.223. The maximum atomic E-state index is 12.4. The third-order valence-corrected chi connectivity index (χ3v) is 3.08. The minimum atomic E-state index is -0.803. The van der Waals surface area contributed by atoms with Crippen LogP contribution in [0.25, 0.3) is 6.08 Å². The van der Waals surface area contributed by atoms with Crippen LogP contribution in [0.3, 0.4) is 0 Å². The topological polar surface area (TPSA) is 107 Å². The van der Waals surface area contributed by atoms with Crippen molar-refractivity contribution in [3.05, 3.63) is 29.3 Å². The van der Waals surface area contributed by atoms with Gasteiger partial charge in [-0.05, 0) is 44.5 Å². The Balaban J connectivity index is 2.46. The molecule has 1 heterocycles. The molecule has 0 spiro atoms. The van der Waals surface area contributed by atoms with Gasteiger partial charge in [-0.15, -0.1) is 0 Å². The van der Waals surface area contributed by atoms with Gasteiger partial charge in [-0.3, -0.25) is 19.8 Å². The first-order valence-corrected chi connectivity index (χ1v) is 6.55. The normalized spacial score (nSPS) is 17.9. The largest absolute Gasteiger partial charge is 0.504 e. The summed E-state index contributed by atoms with van der Waals surface area (Å²) >= 11 is 0. The average Bonchev–Trinajstić information content (AvgIpc) is 2.36. The second kappa shape index (κ2) is 5.18. The highest BCUT2D eigenvalue weighted by atomic mass is 16.3. The lowest BCUT2D eigenvalue weighted by atomic mass is 10.0. The second-order valence-corrected chi connectivity index (χ2v) is 5.88. The molecule has 0 aromatic heterocycles. The van der Waals surface area contributed by atoms with E-state index in [-0.39, 0.29) is 17.1 Å². The summed E-state index contributed by atoms with van der Waals surface area (Å²) in [6.07, 6.45) is 1.25. The van der Waals surface area contributed by atoms with Crippen LogP contribution in [0.1, 0.15) is 26.3 Å². The molecule has 0 aliphatic carbocycles. The molecule has 1 aromatic carbocycles. The van der Waals surface area contributed by atoms with Gasteiger partial charge in [-0.25, -0.2) is 4.79 Å². The van der Waals surface area contributed by atoms with E-state index in [2.05, 4.69) is 5.32 Å². The van der Waals surface area contributed by atoms with Gasteiger partial charge >= 0.3 is 6.03 Å². The molecule has 1 fully saturated rings. The maximum Gasteiger partial charge on any atom is 0.331 e. The predicted molar refractivity (Wildman–Crippen MR) is 77.9 cm³/mol. The molecule has 0 unspecified atom stereocenters. The lowest BCUT2D eigenvalue weighted by Gasteiger charge is -2.36. The number of amides is 4. The number of nitrogens with zero attached hydrogens (tertiary/aromatic N) is 1. The molecular weight excluding hydrogens is 288 g/mol. The summed E-state index contributed by atoms with van der Waals surface area (Å²) in [5.41, 5.74) is -0.672. The molecule has 3 N–H and O–H groups in total. The Morgan fingerprint density at radius 2 is 1.73 bits per heavy atom. The lowest BCUT2D eigenvalue weighted by Crippen LogP contribution is -2.60. The van der Waals surface area contributed by atoms with E-state index in [4.69, 9.17) is 0 Å². The number of hydrogen-bond acceptors (Lipinski definition) is 5. The first kappa shape index (κ1) is 15.6. The third kappa shape index (κ3) is 2.78. The van der Waals surface area contributed by atoms with E-state index in [1.54, 1.807) is 20.8 Å². The molecule has 1 saturated heterocycles. The van der Waals surface area contributed by atoms with Gasteiger partial charge in [-0.2, -0.15) is 0 Å². The van der Waals surface area contributed by atoms with Gasteiger partial charge in [0.1, 0.15) is 5.57 Å². The smallest absolute Gasteiger partial charge is 0.331 e. The van der Waals surface area contributed by atoms with Crippen LogP contribution in [-0.4, -0.2) is 38.5 Å². The quantitative estimate of drug-likeness (QED) is 0.412. The van der Waals surface area contributed by atoms with Gasteiger partial charge in [0, 0.05) is 5.54 Å². The number of barbiturate groups is 1. The molecule has 7 heteroatoms. The highest BCUT2D eigenvalue weighted by molar-refractivity contribution is 6.31. The fraction of sp³-hybridized carbons (Fsp3) is 0.267. The lowest BCUT2D eigenvalue weighted by molar-refractivity contribution is -0.133. The van der Waals surface area contributed by atoms with Crippen LogP contribution < -0.4 is 5.32 Å². The highest BCUT2D eigenvalue weighted by Gasteiger charge is 2.41. The van der Waals surface area contributed by atoms with Crippen molar-refractivity contribution in [3.63, 3.8) is 0 Å². The minimum Gasteiger partial charge on any atom is -0.504 e. The van der Waals surface area contributed by atoms with Crippen LogP contribution in [0.4, 0.5) is 4.79 Å². The van der Waals surface area contributed by atoms with Crippen molar-refractivity contribution in [2.45, 2.75) is 26.3 Å². The molecule has 1 aliphatic heterocycles. The van der Waals surface area contributed by atoms with Crippen molar-refractivity contribution in [2.24, 2.45) is 0 Å². The molecule has 2 rings (SSSR count). The van der Waals surface area contributed by atoms with Crippen LogP contribution in [0.2, 0.25) is 0 Å². The molecule has 4 amide bonds. The maximum absolute atomic E-state index is 12.4. The molecule has 0 bridgehead atoms. The zero-order valence-corrected chi connectivity index (χ0v) is 12.4. The summed E-state index contributed by atoms with van der Waals surface area (Å²) in [4.78, 5) is 37.1. The Morgan fingerprint density at radius 1 is 1.09 bits per heavy atom. The van der Waals surface area contributed by atoms with E-state index in [0.717, 1.165) is 4.90 Å². The fourth-order valence-electron chi connectivity index (χ4n) is 2.06. The van der Waals surface area contributed by atoms with Gasteiger partial charge < -0.3 is 10.2 Å². The van der Waals surface area contributed by atoms with Crippen LogP contribution in [0, 0.1) is 0 Å². The van der Waals surface area contributed by atoms with E-state index in [1.807, 2.05) is 0 Å². The number of carbonyl (C=O) groups excluding carboxylic acids is 3. The summed E-state index contributed by atoms with van der Waals surface area (Å²) < 4.78 is 0. The van der Waals surface area contributed by atoms with E-state index >= 15 is 0 Å². The second-order valence-electron chi connectivity index (χ2n) is 5.88. The zero-order chi connectivity index (χ0) is 16.7. The van der Waals surface area contributed by atoms with Crippen molar-refractivity contribution in [2.75, 3.05) is 0 Å². The van der Waals surface area contributed by atoms with Crippen LogP contribution >= 0.6 is 0 Å². The highest BCUT2D eigenvalue weighted by Crippen LogP contribution is 2.27.